The van der Waals surface area contributed by atoms with E-state index >= 15 is 0 Å². The van der Waals surface area contributed by atoms with Crippen molar-refractivity contribution in [2.24, 2.45) is 0 Å². The molecule has 3 rings (SSSR count). The fourth-order valence-electron chi connectivity index (χ4n) is 2.06. The Balaban J connectivity index is 2.18. The average molecular weight is 204 g/mol. The lowest BCUT2D eigenvalue weighted by molar-refractivity contribution is 0.0925. The van der Waals surface area contributed by atoms with Crippen molar-refractivity contribution in [3.63, 3.8) is 0 Å². The highest BCUT2D eigenvalue weighted by Gasteiger charge is 2.27. The highest BCUT2D eigenvalue weighted by atomic mass is 16.2. The van der Waals surface area contributed by atoms with E-state index in [0.717, 1.165) is 18.4 Å². The van der Waals surface area contributed by atoms with E-state index in [0.29, 0.717) is 24.7 Å². The van der Waals surface area contributed by atoms with E-state index < -0.39 is 0 Å². The van der Waals surface area contributed by atoms with E-state index in [4.69, 9.17) is 0 Å². The zero-order chi connectivity index (χ0) is 10.4. The largest absolute Gasteiger partial charge is 0.349 e. The molecule has 2 heterocycles. The first kappa shape index (κ1) is 8.71. The summed E-state index contributed by atoms with van der Waals surface area (Å²) in [6, 6.07) is 3.55. The molecular formula is C11H12N2O2. The predicted molar refractivity (Wildman–Crippen MR) is 55.0 cm³/mol. The molecule has 0 atom stereocenters. The third-order valence-electron chi connectivity index (χ3n) is 3.05. The number of carbonyl (C=O) groups is 1. The number of amides is 1. The van der Waals surface area contributed by atoms with E-state index in [-0.39, 0.29) is 11.5 Å². The summed E-state index contributed by atoms with van der Waals surface area (Å²) in [5.41, 5.74) is 1.52. The van der Waals surface area contributed by atoms with E-state index in [2.05, 4.69) is 5.32 Å². The number of fused-ring (bicyclic) bond motifs is 1. The summed E-state index contributed by atoms with van der Waals surface area (Å²) in [4.78, 5) is 23.3. The van der Waals surface area contributed by atoms with Gasteiger partial charge in [-0.1, -0.05) is 0 Å². The Bertz CT molecular complexity index is 486. The number of nitrogens with zero attached hydrogens (tertiary/aromatic N) is 1. The molecule has 0 spiro atoms. The van der Waals surface area contributed by atoms with Crippen molar-refractivity contribution in [2.75, 3.05) is 6.54 Å². The molecule has 15 heavy (non-hydrogen) atoms. The molecule has 1 aliphatic carbocycles. The van der Waals surface area contributed by atoms with Gasteiger partial charge in [-0.2, -0.15) is 0 Å². The predicted octanol–water partition coefficient (Wildman–Crippen LogP) is 0.469. The van der Waals surface area contributed by atoms with Gasteiger partial charge in [-0.05, 0) is 30.4 Å². The molecule has 2 aliphatic rings. The van der Waals surface area contributed by atoms with Crippen LogP contribution in [0.4, 0.5) is 0 Å². The van der Waals surface area contributed by atoms with Crippen LogP contribution in [0.3, 0.4) is 0 Å². The lowest BCUT2D eigenvalue weighted by Crippen LogP contribution is -2.41. The first-order valence-electron chi connectivity index (χ1n) is 5.29. The molecule has 0 radical (unpaired) electrons. The molecule has 1 aromatic rings. The van der Waals surface area contributed by atoms with Gasteiger partial charge in [0.25, 0.3) is 11.5 Å². The van der Waals surface area contributed by atoms with Crippen molar-refractivity contribution >= 4 is 5.91 Å². The zero-order valence-corrected chi connectivity index (χ0v) is 8.32. The maximum atomic E-state index is 11.7. The Kier molecular flexibility index (Phi) is 1.71. The van der Waals surface area contributed by atoms with Crippen LogP contribution in [-0.2, 0) is 6.54 Å². The molecule has 4 nitrogen and oxygen atoms in total. The maximum Gasteiger partial charge on any atom is 0.268 e. The first-order chi connectivity index (χ1) is 7.25. The van der Waals surface area contributed by atoms with Gasteiger partial charge < -0.3 is 9.88 Å². The Morgan fingerprint density at radius 3 is 2.80 bits per heavy atom. The second kappa shape index (κ2) is 2.95. The van der Waals surface area contributed by atoms with Crippen LogP contribution in [0.5, 0.6) is 0 Å². The minimum absolute atomic E-state index is 0.0377. The molecule has 4 heteroatoms. The van der Waals surface area contributed by atoms with E-state index in [9.17, 15) is 9.59 Å². The van der Waals surface area contributed by atoms with Gasteiger partial charge in [0.1, 0.15) is 5.69 Å². The zero-order valence-electron chi connectivity index (χ0n) is 8.32. The highest BCUT2D eigenvalue weighted by Crippen LogP contribution is 2.39. The number of hydrogen-bond donors (Lipinski definition) is 1. The van der Waals surface area contributed by atoms with Crippen molar-refractivity contribution in [2.45, 2.75) is 25.3 Å². The van der Waals surface area contributed by atoms with Crippen LogP contribution in [0.25, 0.3) is 0 Å². The van der Waals surface area contributed by atoms with Crippen molar-refractivity contribution in [1.29, 1.82) is 0 Å². The van der Waals surface area contributed by atoms with E-state index in [1.54, 1.807) is 10.6 Å². The minimum Gasteiger partial charge on any atom is -0.349 e. The monoisotopic (exact) mass is 204 g/mol. The number of carbonyl (C=O) groups excluding carboxylic acids is 1. The topological polar surface area (TPSA) is 51.1 Å². The van der Waals surface area contributed by atoms with Crippen molar-refractivity contribution in [3.8, 4) is 0 Å². The molecule has 0 aromatic carbocycles. The van der Waals surface area contributed by atoms with Crippen LogP contribution in [0.15, 0.2) is 16.9 Å². The van der Waals surface area contributed by atoms with Crippen LogP contribution in [0.2, 0.25) is 0 Å². The molecule has 0 saturated heterocycles. The second-order valence-electron chi connectivity index (χ2n) is 4.19. The first-order valence-corrected chi connectivity index (χ1v) is 5.29. The lowest BCUT2D eigenvalue weighted by Gasteiger charge is -2.19. The van der Waals surface area contributed by atoms with Crippen LogP contribution < -0.4 is 10.9 Å². The number of aromatic nitrogens is 1. The van der Waals surface area contributed by atoms with Gasteiger partial charge in [0.05, 0.1) is 0 Å². The smallest absolute Gasteiger partial charge is 0.268 e. The standard InChI is InChI=1S/C11H12N2O2/c14-10-6-8(7-1-2-7)5-9-11(15)12-3-4-13(9)10/h5-7H,1-4H2,(H,12,15). The third kappa shape index (κ3) is 1.37. The van der Waals surface area contributed by atoms with Gasteiger partial charge in [-0.15, -0.1) is 0 Å². The Hall–Kier alpha value is -1.58. The van der Waals surface area contributed by atoms with E-state index in [1.165, 1.54) is 0 Å². The summed E-state index contributed by atoms with van der Waals surface area (Å²) in [5, 5.41) is 2.75. The van der Waals surface area contributed by atoms with Gasteiger partial charge in [0.2, 0.25) is 0 Å². The maximum absolute atomic E-state index is 11.7. The molecule has 1 aromatic heterocycles. The van der Waals surface area contributed by atoms with Crippen LogP contribution in [0, 0.1) is 0 Å². The normalized spacial score (nSPS) is 19.6. The number of hydrogen-bond acceptors (Lipinski definition) is 2. The Labute approximate surface area is 86.9 Å². The molecule has 1 saturated carbocycles. The van der Waals surface area contributed by atoms with Gasteiger partial charge in [0.15, 0.2) is 0 Å². The molecule has 1 aliphatic heterocycles. The molecule has 78 valence electrons. The summed E-state index contributed by atoms with van der Waals surface area (Å²) in [5.74, 6) is 0.388. The van der Waals surface area contributed by atoms with Crippen LogP contribution >= 0.6 is 0 Å². The average Bonchev–Trinajstić information content (AvgIpc) is 3.02. The van der Waals surface area contributed by atoms with Crippen LogP contribution in [-0.4, -0.2) is 17.0 Å². The Morgan fingerprint density at radius 2 is 2.07 bits per heavy atom. The fraction of sp³-hybridized carbons (Fsp3) is 0.455. The fourth-order valence-corrected chi connectivity index (χ4v) is 2.06. The number of rotatable bonds is 1. The van der Waals surface area contributed by atoms with E-state index in [1.807, 2.05) is 6.07 Å². The summed E-state index contributed by atoms with van der Waals surface area (Å²) in [6.07, 6.45) is 2.29. The van der Waals surface area contributed by atoms with Gasteiger partial charge in [-0.3, -0.25) is 9.59 Å². The summed E-state index contributed by atoms with van der Waals surface area (Å²) >= 11 is 0. The Morgan fingerprint density at radius 1 is 1.27 bits per heavy atom. The number of pyridine rings is 1. The lowest BCUT2D eigenvalue weighted by atomic mass is 10.1. The summed E-state index contributed by atoms with van der Waals surface area (Å²) < 4.78 is 1.56. The van der Waals surface area contributed by atoms with Crippen molar-refractivity contribution in [1.82, 2.24) is 9.88 Å². The molecule has 1 amide bonds. The van der Waals surface area contributed by atoms with Crippen molar-refractivity contribution < 1.29 is 4.79 Å². The SMILES string of the molecule is O=C1NCCn2c1cc(C1CC1)cc2=O. The highest BCUT2D eigenvalue weighted by molar-refractivity contribution is 5.93. The minimum atomic E-state index is -0.124. The second-order valence-corrected chi connectivity index (χ2v) is 4.19. The van der Waals surface area contributed by atoms with Gasteiger partial charge in [0, 0.05) is 19.2 Å². The number of nitrogens with one attached hydrogen (secondary N) is 1. The molecule has 0 unspecified atom stereocenters. The molecule has 0 bridgehead atoms. The molecule has 1 N–H and O–H groups in total. The van der Waals surface area contributed by atoms with Crippen molar-refractivity contribution in [3.05, 3.63) is 33.7 Å². The molecular weight excluding hydrogens is 192 g/mol. The summed E-state index contributed by atoms with van der Waals surface area (Å²) in [6.45, 7) is 1.14. The summed E-state index contributed by atoms with van der Waals surface area (Å²) in [7, 11) is 0. The molecule has 1 fully saturated rings. The van der Waals surface area contributed by atoms with Gasteiger partial charge >= 0.3 is 0 Å². The third-order valence-corrected chi connectivity index (χ3v) is 3.05. The van der Waals surface area contributed by atoms with Gasteiger partial charge in [-0.25, -0.2) is 0 Å². The van der Waals surface area contributed by atoms with Crippen LogP contribution in [0.1, 0.15) is 34.8 Å². The quantitative estimate of drug-likeness (QED) is 0.723.